The molecule has 2 rings (SSSR count). The van der Waals surface area contributed by atoms with Crippen LogP contribution >= 0.6 is 11.6 Å². The van der Waals surface area contributed by atoms with E-state index in [1.54, 1.807) is 6.20 Å². The first-order chi connectivity index (χ1) is 8.68. The van der Waals surface area contributed by atoms with E-state index in [0.717, 1.165) is 37.4 Å². The van der Waals surface area contributed by atoms with Gasteiger partial charge in [0, 0.05) is 12.7 Å². The molecule has 18 heavy (non-hydrogen) atoms. The highest BCUT2D eigenvalue weighted by molar-refractivity contribution is 6.29. The maximum absolute atomic E-state index is 5.92. The van der Waals surface area contributed by atoms with E-state index in [1.165, 1.54) is 5.56 Å². The van der Waals surface area contributed by atoms with Gasteiger partial charge in [0.2, 0.25) is 0 Å². The summed E-state index contributed by atoms with van der Waals surface area (Å²) in [6.07, 6.45) is 5.69. The van der Waals surface area contributed by atoms with Crippen LogP contribution in [0.3, 0.4) is 0 Å². The minimum Gasteiger partial charge on any atom is -0.321 e. The Morgan fingerprint density at radius 2 is 2.28 bits per heavy atom. The average molecular weight is 268 g/mol. The fourth-order valence-electron chi connectivity index (χ4n) is 1.82. The van der Waals surface area contributed by atoms with E-state index in [1.807, 2.05) is 24.7 Å². The number of rotatable bonds is 6. The van der Waals surface area contributed by atoms with Crippen molar-refractivity contribution in [3.8, 4) is 0 Å². The SMILES string of the molecule is Cc1[nH]ncc1CCCNCc1ncc(Cl)n1C. The summed E-state index contributed by atoms with van der Waals surface area (Å²) >= 11 is 5.92. The number of aromatic amines is 1. The second-order valence-electron chi connectivity index (χ2n) is 4.36. The normalized spacial score (nSPS) is 11.1. The van der Waals surface area contributed by atoms with E-state index < -0.39 is 0 Å². The molecule has 98 valence electrons. The Balaban J connectivity index is 1.68. The molecule has 2 N–H and O–H groups in total. The van der Waals surface area contributed by atoms with E-state index in [-0.39, 0.29) is 0 Å². The Bertz CT molecular complexity index is 502. The van der Waals surface area contributed by atoms with Gasteiger partial charge in [-0.15, -0.1) is 0 Å². The molecule has 0 radical (unpaired) electrons. The van der Waals surface area contributed by atoms with Crippen molar-refractivity contribution in [2.24, 2.45) is 7.05 Å². The van der Waals surface area contributed by atoms with Gasteiger partial charge >= 0.3 is 0 Å². The molecule has 0 bridgehead atoms. The molecule has 0 aromatic carbocycles. The van der Waals surface area contributed by atoms with Crippen molar-refractivity contribution in [2.45, 2.75) is 26.3 Å². The van der Waals surface area contributed by atoms with Crippen LogP contribution in [0.15, 0.2) is 12.4 Å². The number of nitrogens with zero attached hydrogens (tertiary/aromatic N) is 3. The van der Waals surface area contributed by atoms with Gasteiger partial charge in [0.1, 0.15) is 11.0 Å². The summed E-state index contributed by atoms with van der Waals surface area (Å²) in [7, 11) is 1.92. The van der Waals surface area contributed by atoms with Gasteiger partial charge in [-0.1, -0.05) is 11.6 Å². The quantitative estimate of drug-likeness (QED) is 0.785. The molecule has 2 aromatic rings. The third kappa shape index (κ3) is 3.11. The van der Waals surface area contributed by atoms with E-state index in [2.05, 4.69) is 20.5 Å². The molecule has 2 aromatic heterocycles. The summed E-state index contributed by atoms with van der Waals surface area (Å²) in [4.78, 5) is 4.23. The lowest BCUT2D eigenvalue weighted by Crippen LogP contribution is -2.18. The van der Waals surface area contributed by atoms with Crippen molar-refractivity contribution in [2.75, 3.05) is 6.54 Å². The maximum Gasteiger partial charge on any atom is 0.128 e. The number of aryl methyl sites for hydroxylation is 2. The molecule has 0 spiro atoms. The fourth-order valence-corrected chi connectivity index (χ4v) is 1.97. The number of halogens is 1. The van der Waals surface area contributed by atoms with Crippen molar-refractivity contribution in [3.05, 3.63) is 34.6 Å². The summed E-state index contributed by atoms with van der Waals surface area (Å²) in [5, 5.41) is 11.0. The van der Waals surface area contributed by atoms with Crippen LogP contribution in [-0.4, -0.2) is 26.3 Å². The Labute approximate surface area is 112 Å². The molecule has 0 amide bonds. The van der Waals surface area contributed by atoms with Gasteiger partial charge in [0.05, 0.1) is 18.9 Å². The highest BCUT2D eigenvalue weighted by Crippen LogP contribution is 2.08. The van der Waals surface area contributed by atoms with Gasteiger partial charge in [-0.05, 0) is 31.9 Å². The Kier molecular flexibility index (Phi) is 4.38. The van der Waals surface area contributed by atoms with Gasteiger partial charge in [-0.3, -0.25) is 5.10 Å². The molecule has 0 aliphatic carbocycles. The molecule has 2 heterocycles. The lowest BCUT2D eigenvalue weighted by molar-refractivity contribution is 0.613. The Morgan fingerprint density at radius 1 is 1.44 bits per heavy atom. The van der Waals surface area contributed by atoms with Crippen molar-refractivity contribution in [3.63, 3.8) is 0 Å². The van der Waals surface area contributed by atoms with Crippen LogP contribution in [-0.2, 0) is 20.0 Å². The molecule has 0 aliphatic rings. The van der Waals surface area contributed by atoms with Crippen LogP contribution in [0.2, 0.25) is 5.15 Å². The lowest BCUT2D eigenvalue weighted by Gasteiger charge is -2.05. The van der Waals surface area contributed by atoms with Crippen molar-refractivity contribution < 1.29 is 0 Å². The van der Waals surface area contributed by atoms with Crippen LogP contribution in [0.5, 0.6) is 0 Å². The van der Waals surface area contributed by atoms with E-state index in [4.69, 9.17) is 11.6 Å². The monoisotopic (exact) mass is 267 g/mol. The minimum atomic E-state index is 0.667. The Morgan fingerprint density at radius 3 is 2.89 bits per heavy atom. The first kappa shape index (κ1) is 13.1. The smallest absolute Gasteiger partial charge is 0.128 e. The summed E-state index contributed by atoms with van der Waals surface area (Å²) < 4.78 is 1.88. The van der Waals surface area contributed by atoms with Crippen molar-refractivity contribution in [1.29, 1.82) is 0 Å². The van der Waals surface area contributed by atoms with Gasteiger partial charge in [-0.25, -0.2) is 4.98 Å². The minimum absolute atomic E-state index is 0.667. The number of nitrogens with one attached hydrogen (secondary N) is 2. The topological polar surface area (TPSA) is 58.5 Å². The highest BCUT2D eigenvalue weighted by atomic mass is 35.5. The van der Waals surface area contributed by atoms with E-state index in [0.29, 0.717) is 5.15 Å². The van der Waals surface area contributed by atoms with Gasteiger partial charge in [0.15, 0.2) is 0 Å². The van der Waals surface area contributed by atoms with Gasteiger partial charge in [-0.2, -0.15) is 5.10 Å². The first-order valence-electron chi connectivity index (χ1n) is 6.04. The summed E-state index contributed by atoms with van der Waals surface area (Å²) in [5.41, 5.74) is 2.45. The zero-order valence-corrected chi connectivity index (χ0v) is 11.5. The third-order valence-corrected chi connectivity index (χ3v) is 3.40. The van der Waals surface area contributed by atoms with E-state index >= 15 is 0 Å². The maximum atomic E-state index is 5.92. The lowest BCUT2D eigenvalue weighted by atomic mass is 10.1. The molecular weight excluding hydrogens is 250 g/mol. The van der Waals surface area contributed by atoms with E-state index in [9.17, 15) is 0 Å². The van der Waals surface area contributed by atoms with Crippen LogP contribution in [0.1, 0.15) is 23.5 Å². The zero-order valence-electron chi connectivity index (χ0n) is 10.7. The number of hydrogen-bond donors (Lipinski definition) is 2. The predicted octanol–water partition coefficient (Wildman–Crippen LogP) is 1.83. The van der Waals surface area contributed by atoms with Crippen LogP contribution in [0.4, 0.5) is 0 Å². The molecule has 0 fully saturated rings. The standard InChI is InChI=1S/C12H18ClN5/c1-9-10(6-16-17-9)4-3-5-14-8-12-15-7-11(13)18(12)2/h6-7,14H,3-5,8H2,1-2H3,(H,16,17). The van der Waals surface area contributed by atoms with Gasteiger partial charge < -0.3 is 9.88 Å². The highest BCUT2D eigenvalue weighted by Gasteiger charge is 2.03. The number of aromatic nitrogens is 4. The molecule has 6 heteroatoms. The largest absolute Gasteiger partial charge is 0.321 e. The second-order valence-corrected chi connectivity index (χ2v) is 4.74. The third-order valence-electron chi connectivity index (χ3n) is 3.04. The first-order valence-corrected chi connectivity index (χ1v) is 6.42. The molecule has 0 atom stereocenters. The molecule has 0 aliphatic heterocycles. The zero-order chi connectivity index (χ0) is 13.0. The average Bonchev–Trinajstić information content (AvgIpc) is 2.89. The van der Waals surface area contributed by atoms with Crippen molar-refractivity contribution >= 4 is 11.6 Å². The summed E-state index contributed by atoms with van der Waals surface area (Å²) in [6, 6.07) is 0. The van der Waals surface area contributed by atoms with Crippen molar-refractivity contribution in [1.82, 2.24) is 25.1 Å². The molecular formula is C12H18ClN5. The van der Waals surface area contributed by atoms with Crippen LogP contribution in [0, 0.1) is 6.92 Å². The van der Waals surface area contributed by atoms with Gasteiger partial charge in [0.25, 0.3) is 0 Å². The summed E-state index contributed by atoms with van der Waals surface area (Å²) in [6.45, 7) is 3.74. The molecule has 0 saturated heterocycles. The van der Waals surface area contributed by atoms with Crippen LogP contribution in [0.25, 0.3) is 0 Å². The number of imidazole rings is 1. The predicted molar refractivity (Wildman–Crippen MR) is 71.6 cm³/mol. The number of hydrogen-bond acceptors (Lipinski definition) is 3. The molecule has 0 saturated carbocycles. The number of H-pyrrole nitrogens is 1. The van der Waals surface area contributed by atoms with Crippen LogP contribution < -0.4 is 5.32 Å². The Hall–Kier alpha value is -1.33. The summed E-state index contributed by atoms with van der Waals surface area (Å²) in [5.74, 6) is 0.958. The fraction of sp³-hybridized carbons (Fsp3) is 0.500. The second kappa shape index (κ2) is 6.02. The molecule has 0 unspecified atom stereocenters. The molecule has 5 nitrogen and oxygen atoms in total.